The van der Waals surface area contributed by atoms with E-state index in [0.29, 0.717) is 30.3 Å². The molecule has 0 radical (unpaired) electrons. The number of aryl methyl sites for hydroxylation is 1. The molecule has 1 fully saturated rings. The summed E-state index contributed by atoms with van der Waals surface area (Å²) < 4.78 is 23.7. The third-order valence-electron chi connectivity index (χ3n) is 4.79. The Balaban J connectivity index is 1.64. The highest BCUT2D eigenvalue weighted by atomic mass is 32.1. The Labute approximate surface area is 167 Å². The zero-order valence-electron chi connectivity index (χ0n) is 16.1. The van der Waals surface area contributed by atoms with Crippen LogP contribution in [0.2, 0.25) is 0 Å². The van der Waals surface area contributed by atoms with Gasteiger partial charge in [-0.3, -0.25) is 9.69 Å². The number of hydrogen-bond donors (Lipinski definition) is 1. The highest BCUT2D eigenvalue weighted by Gasteiger charge is 2.25. The Hall–Kier alpha value is -2.29. The van der Waals surface area contributed by atoms with Crippen LogP contribution in [-0.4, -0.2) is 50.1 Å². The van der Waals surface area contributed by atoms with E-state index in [1.54, 1.807) is 12.1 Å². The van der Waals surface area contributed by atoms with E-state index < -0.39 is 5.97 Å². The highest BCUT2D eigenvalue weighted by molar-refractivity contribution is 7.16. The number of ether oxygens (including phenoxy) is 2. The maximum Gasteiger partial charge on any atom is 0.341 e. The van der Waals surface area contributed by atoms with Crippen molar-refractivity contribution >= 4 is 28.2 Å². The average molecular weight is 406 g/mol. The van der Waals surface area contributed by atoms with Crippen LogP contribution < -0.4 is 5.32 Å². The Kier molecular flexibility index (Phi) is 6.43. The number of halogens is 1. The molecule has 1 aliphatic rings. The number of hydrogen-bond acceptors (Lipinski definition) is 6. The Morgan fingerprint density at radius 3 is 2.71 bits per heavy atom. The Morgan fingerprint density at radius 2 is 2.04 bits per heavy atom. The minimum absolute atomic E-state index is 0.178. The summed E-state index contributed by atoms with van der Waals surface area (Å²) in [6, 6.07) is 6.20. The summed E-state index contributed by atoms with van der Waals surface area (Å²) in [6.45, 7) is 5.56. The molecule has 150 valence electrons. The molecule has 1 atom stereocenters. The minimum atomic E-state index is -0.458. The molecule has 1 N–H and O–H groups in total. The first kappa shape index (κ1) is 20.4. The molecule has 6 nitrogen and oxygen atoms in total. The molecule has 1 aromatic carbocycles. The van der Waals surface area contributed by atoms with Gasteiger partial charge >= 0.3 is 5.97 Å². The number of nitrogens with one attached hydrogen (secondary N) is 1. The molecule has 1 saturated heterocycles. The van der Waals surface area contributed by atoms with Gasteiger partial charge in [-0.05, 0) is 37.1 Å². The van der Waals surface area contributed by atoms with Gasteiger partial charge in [0.15, 0.2) is 0 Å². The zero-order valence-corrected chi connectivity index (χ0v) is 16.9. The number of methoxy groups -OCH3 is 1. The van der Waals surface area contributed by atoms with Gasteiger partial charge in [-0.1, -0.05) is 12.1 Å². The number of carbonyl (C=O) groups is 2. The molecule has 1 aliphatic heterocycles. The lowest BCUT2D eigenvalue weighted by atomic mass is 10.1. The molecule has 0 bridgehead atoms. The lowest BCUT2D eigenvalue weighted by molar-refractivity contribution is -0.119. The van der Waals surface area contributed by atoms with Gasteiger partial charge < -0.3 is 14.8 Å². The second-order valence-electron chi connectivity index (χ2n) is 6.67. The molecular weight excluding hydrogens is 383 g/mol. The molecule has 28 heavy (non-hydrogen) atoms. The van der Waals surface area contributed by atoms with Crippen molar-refractivity contribution in [3.8, 4) is 0 Å². The summed E-state index contributed by atoms with van der Waals surface area (Å²) >= 11 is 1.36. The van der Waals surface area contributed by atoms with Crippen molar-refractivity contribution in [1.82, 2.24) is 4.90 Å². The molecular formula is C20H23FN2O4S. The van der Waals surface area contributed by atoms with Crippen LogP contribution in [0, 0.1) is 19.7 Å². The summed E-state index contributed by atoms with van der Waals surface area (Å²) in [5.74, 6) is -0.954. The van der Waals surface area contributed by atoms with E-state index in [4.69, 9.17) is 9.47 Å². The lowest BCUT2D eigenvalue weighted by Gasteiger charge is -2.32. The molecule has 1 unspecified atom stereocenters. The van der Waals surface area contributed by atoms with Gasteiger partial charge in [0.25, 0.3) is 0 Å². The van der Waals surface area contributed by atoms with Crippen LogP contribution in [-0.2, 0) is 14.3 Å². The molecule has 0 saturated carbocycles. The number of anilines is 1. The van der Waals surface area contributed by atoms with Gasteiger partial charge in [-0.25, -0.2) is 9.18 Å². The third kappa shape index (κ3) is 4.57. The van der Waals surface area contributed by atoms with Gasteiger partial charge in [0, 0.05) is 18.0 Å². The number of carbonyl (C=O) groups excluding carboxylic acids is 2. The maximum absolute atomic E-state index is 13.1. The number of morpholine rings is 1. The second kappa shape index (κ2) is 8.81. The standard InChI is InChI=1S/C20H23FN2O4S/c1-12-13(2)28-19(18(12)20(25)26-3)22-17(24)11-23-8-9-27-16(10-23)14-4-6-15(21)7-5-14/h4-7,16H,8-11H2,1-3H3,(H,22,24). The maximum atomic E-state index is 13.1. The van der Waals surface area contributed by atoms with E-state index in [1.165, 1.54) is 30.6 Å². The van der Waals surface area contributed by atoms with E-state index in [-0.39, 0.29) is 24.4 Å². The van der Waals surface area contributed by atoms with Crippen LogP contribution in [0.5, 0.6) is 0 Å². The number of esters is 1. The first-order valence-corrected chi connectivity index (χ1v) is 9.78. The molecule has 1 amide bonds. The van der Waals surface area contributed by atoms with Crippen LogP contribution in [0.15, 0.2) is 24.3 Å². The van der Waals surface area contributed by atoms with Gasteiger partial charge in [-0.2, -0.15) is 0 Å². The zero-order chi connectivity index (χ0) is 20.3. The quantitative estimate of drug-likeness (QED) is 0.772. The van der Waals surface area contributed by atoms with E-state index in [9.17, 15) is 14.0 Å². The van der Waals surface area contributed by atoms with Crippen LogP contribution >= 0.6 is 11.3 Å². The molecule has 2 aromatic rings. The Morgan fingerprint density at radius 1 is 1.32 bits per heavy atom. The summed E-state index contributed by atoms with van der Waals surface area (Å²) in [6.07, 6.45) is -0.209. The summed E-state index contributed by atoms with van der Waals surface area (Å²) in [4.78, 5) is 27.5. The van der Waals surface area contributed by atoms with E-state index in [0.717, 1.165) is 16.0 Å². The van der Waals surface area contributed by atoms with Gasteiger partial charge in [0.1, 0.15) is 10.8 Å². The number of thiophene rings is 1. The fourth-order valence-corrected chi connectivity index (χ4v) is 4.22. The van der Waals surface area contributed by atoms with Crippen LogP contribution in [0.3, 0.4) is 0 Å². The number of benzene rings is 1. The topological polar surface area (TPSA) is 67.9 Å². The van der Waals surface area contributed by atoms with E-state index in [1.807, 2.05) is 18.7 Å². The number of nitrogens with zero attached hydrogens (tertiary/aromatic N) is 1. The molecule has 0 aliphatic carbocycles. The smallest absolute Gasteiger partial charge is 0.341 e. The molecule has 3 rings (SSSR count). The summed E-state index contributed by atoms with van der Waals surface area (Å²) in [5, 5.41) is 3.35. The highest BCUT2D eigenvalue weighted by Crippen LogP contribution is 2.33. The van der Waals surface area contributed by atoms with E-state index >= 15 is 0 Å². The third-order valence-corrected chi connectivity index (χ3v) is 5.91. The van der Waals surface area contributed by atoms with Crippen LogP contribution in [0.1, 0.15) is 32.5 Å². The van der Waals surface area contributed by atoms with Gasteiger partial charge in [-0.15, -0.1) is 11.3 Å². The molecule has 0 spiro atoms. The fraction of sp³-hybridized carbons (Fsp3) is 0.400. The van der Waals surface area contributed by atoms with Crippen molar-refractivity contribution in [1.29, 1.82) is 0 Å². The number of amides is 1. The summed E-state index contributed by atoms with van der Waals surface area (Å²) in [5.41, 5.74) is 2.10. The van der Waals surface area contributed by atoms with E-state index in [2.05, 4.69) is 5.32 Å². The average Bonchev–Trinajstić information content (AvgIpc) is 2.95. The molecule has 1 aromatic heterocycles. The Bertz CT molecular complexity index is 866. The lowest BCUT2D eigenvalue weighted by Crippen LogP contribution is -2.42. The monoisotopic (exact) mass is 406 g/mol. The second-order valence-corrected chi connectivity index (χ2v) is 7.90. The first-order valence-electron chi connectivity index (χ1n) is 8.96. The van der Waals surface area contributed by atoms with Crippen LogP contribution in [0.25, 0.3) is 0 Å². The first-order chi connectivity index (χ1) is 13.4. The molecule has 2 heterocycles. The number of rotatable bonds is 5. The fourth-order valence-electron chi connectivity index (χ4n) is 3.16. The largest absolute Gasteiger partial charge is 0.465 e. The normalized spacial score (nSPS) is 17.4. The van der Waals surface area contributed by atoms with Crippen molar-refractivity contribution in [2.24, 2.45) is 0 Å². The van der Waals surface area contributed by atoms with Crippen molar-refractivity contribution in [3.05, 3.63) is 51.7 Å². The minimum Gasteiger partial charge on any atom is -0.465 e. The predicted molar refractivity (Wildman–Crippen MR) is 105 cm³/mol. The van der Waals surface area contributed by atoms with Crippen molar-refractivity contribution in [2.45, 2.75) is 20.0 Å². The molecule has 8 heteroatoms. The van der Waals surface area contributed by atoms with Crippen molar-refractivity contribution in [3.63, 3.8) is 0 Å². The van der Waals surface area contributed by atoms with Crippen molar-refractivity contribution < 1.29 is 23.5 Å². The van der Waals surface area contributed by atoms with Crippen molar-refractivity contribution in [2.75, 3.05) is 38.7 Å². The van der Waals surface area contributed by atoms with Gasteiger partial charge in [0.05, 0.1) is 31.9 Å². The van der Waals surface area contributed by atoms with Gasteiger partial charge in [0.2, 0.25) is 5.91 Å². The SMILES string of the molecule is COC(=O)c1c(NC(=O)CN2CCOC(c3ccc(F)cc3)C2)sc(C)c1C. The van der Waals surface area contributed by atoms with Crippen LogP contribution in [0.4, 0.5) is 9.39 Å². The summed E-state index contributed by atoms with van der Waals surface area (Å²) in [7, 11) is 1.32. The predicted octanol–water partition coefficient (Wildman–Crippen LogP) is 3.30.